The Balaban J connectivity index is 1.68. The van der Waals surface area contributed by atoms with Crippen LogP contribution < -0.4 is 15.8 Å². The van der Waals surface area contributed by atoms with Gasteiger partial charge in [0.25, 0.3) is 0 Å². The van der Waals surface area contributed by atoms with Crippen molar-refractivity contribution in [2.24, 2.45) is 0 Å². The first-order chi connectivity index (χ1) is 12.4. The molecule has 2 aliphatic rings. The van der Waals surface area contributed by atoms with E-state index in [0.29, 0.717) is 23.3 Å². The van der Waals surface area contributed by atoms with Crippen molar-refractivity contribution < 1.29 is 4.74 Å². The minimum absolute atomic E-state index is 0.413. The van der Waals surface area contributed by atoms with Crippen LogP contribution in [0.1, 0.15) is 69.9 Å². The lowest BCUT2D eigenvalue weighted by molar-refractivity contribution is 0.0257. The number of anilines is 2. The number of nitrogens with two attached hydrogens (primary N) is 1. The summed E-state index contributed by atoms with van der Waals surface area (Å²) in [6.45, 7) is 6.31. The van der Waals surface area contributed by atoms with Gasteiger partial charge in [0, 0.05) is 0 Å². The smallest absolute Gasteiger partial charge is 0.243 e. The number of nitrogen functional groups attached to an aromatic ring is 1. The van der Waals surface area contributed by atoms with E-state index in [9.17, 15) is 0 Å². The second kappa shape index (κ2) is 6.15. The summed E-state index contributed by atoms with van der Waals surface area (Å²) in [5.41, 5.74) is 8.43. The van der Waals surface area contributed by atoms with E-state index in [-0.39, 0.29) is 0 Å². The van der Waals surface area contributed by atoms with Crippen molar-refractivity contribution in [2.45, 2.75) is 69.9 Å². The van der Waals surface area contributed by atoms with Gasteiger partial charge in [-0.1, -0.05) is 43.5 Å². The SMILES string of the molecule is CC1(C)Oc2ncnc(N)c2NC1(C)c1ccc(C2CCCCC2)cc1. The van der Waals surface area contributed by atoms with E-state index in [1.54, 1.807) is 0 Å². The van der Waals surface area contributed by atoms with E-state index in [0.717, 1.165) is 0 Å². The summed E-state index contributed by atoms with van der Waals surface area (Å²) in [7, 11) is 0. The number of ether oxygens (including phenoxy) is 1. The molecule has 1 atom stereocenters. The maximum atomic E-state index is 6.22. The van der Waals surface area contributed by atoms with Crippen molar-refractivity contribution in [1.29, 1.82) is 0 Å². The second-order valence-electron chi connectivity index (χ2n) is 8.26. The van der Waals surface area contributed by atoms with Gasteiger partial charge in [0.1, 0.15) is 17.6 Å². The molecule has 4 rings (SSSR count). The van der Waals surface area contributed by atoms with Crippen molar-refractivity contribution in [1.82, 2.24) is 9.97 Å². The lowest BCUT2D eigenvalue weighted by Crippen LogP contribution is -2.57. The van der Waals surface area contributed by atoms with Gasteiger partial charge in [0.15, 0.2) is 5.82 Å². The van der Waals surface area contributed by atoms with E-state index in [4.69, 9.17) is 10.5 Å². The Bertz CT molecular complexity index is 796. The van der Waals surface area contributed by atoms with Crippen LogP contribution in [0.2, 0.25) is 0 Å². The fourth-order valence-corrected chi connectivity index (χ4v) is 4.27. The second-order valence-corrected chi connectivity index (χ2v) is 8.26. The largest absolute Gasteiger partial charge is 0.467 e. The molecule has 5 heteroatoms. The van der Waals surface area contributed by atoms with E-state index < -0.39 is 11.1 Å². The third-order valence-corrected chi connectivity index (χ3v) is 6.34. The van der Waals surface area contributed by atoms with Crippen LogP contribution in [-0.2, 0) is 5.54 Å². The average molecular weight is 352 g/mol. The topological polar surface area (TPSA) is 73.1 Å². The number of benzene rings is 1. The molecule has 2 aromatic rings. The van der Waals surface area contributed by atoms with Crippen molar-refractivity contribution in [3.8, 4) is 5.88 Å². The van der Waals surface area contributed by atoms with E-state index in [2.05, 4.69) is 60.3 Å². The molecule has 26 heavy (non-hydrogen) atoms. The van der Waals surface area contributed by atoms with Crippen molar-refractivity contribution in [2.75, 3.05) is 11.1 Å². The molecule has 1 unspecified atom stereocenters. The van der Waals surface area contributed by atoms with Gasteiger partial charge in [0.05, 0.1) is 5.54 Å². The predicted octanol–water partition coefficient (Wildman–Crippen LogP) is 4.60. The standard InChI is InChI=1S/C21H28N4O/c1-20(2)21(3,25-17-18(22)23-13-24-19(17)26-20)16-11-9-15(10-12-16)14-7-5-4-6-8-14/h9-14,25H,4-8H2,1-3H3,(H2,22,23,24). The Kier molecular flexibility index (Phi) is 4.05. The van der Waals surface area contributed by atoms with Gasteiger partial charge in [-0.05, 0) is 50.7 Å². The van der Waals surface area contributed by atoms with E-state index in [1.165, 1.54) is 49.6 Å². The van der Waals surface area contributed by atoms with E-state index in [1.807, 2.05) is 0 Å². The molecule has 3 N–H and O–H groups in total. The third-order valence-electron chi connectivity index (χ3n) is 6.34. The summed E-state index contributed by atoms with van der Waals surface area (Å²) in [6.07, 6.45) is 8.14. The fraction of sp³-hybridized carbons (Fsp3) is 0.524. The average Bonchev–Trinajstić information content (AvgIpc) is 2.64. The molecule has 0 saturated heterocycles. The van der Waals surface area contributed by atoms with Gasteiger partial charge in [-0.15, -0.1) is 0 Å². The molecule has 0 amide bonds. The Labute approximate surface area is 155 Å². The highest BCUT2D eigenvalue weighted by Crippen LogP contribution is 2.47. The Morgan fingerprint density at radius 1 is 1.04 bits per heavy atom. The summed E-state index contributed by atoms with van der Waals surface area (Å²) in [4.78, 5) is 8.33. The monoisotopic (exact) mass is 352 g/mol. The highest BCUT2D eigenvalue weighted by atomic mass is 16.5. The van der Waals surface area contributed by atoms with Gasteiger partial charge < -0.3 is 15.8 Å². The van der Waals surface area contributed by atoms with Gasteiger partial charge in [-0.25, -0.2) is 4.98 Å². The molecule has 1 aromatic carbocycles. The van der Waals surface area contributed by atoms with Crippen LogP contribution in [0.25, 0.3) is 0 Å². The molecule has 0 spiro atoms. The first-order valence-electron chi connectivity index (χ1n) is 9.59. The van der Waals surface area contributed by atoms with Gasteiger partial charge in [-0.2, -0.15) is 4.98 Å². The third kappa shape index (κ3) is 2.70. The molecular weight excluding hydrogens is 324 g/mol. The Hall–Kier alpha value is -2.30. The molecule has 1 fully saturated rings. The molecule has 138 valence electrons. The van der Waals surface area contributed by atoms with Crippen molar-refractivity contribution >= 4 is 11.5 Å². The lowest BCUT2D eigenvalue weighted by atomic mass is 9.75. The lowest BCUT2D eigenvalue weighted by Gasteiger charge is -2.49. The summed E-state index contributed by atoms with van der Waals surface area (Å²) in [6, 6.07) is 9.03. The Morgan fingerprint density at radius 2 is 1.73 bits per heavy atom. The number of nitrogens with one attached hydrogen (secondary N) is 1. The molecule has 0 bridgehead atoms. The van der Waals surface area contributed by atoms with Gasteiger partial charge in [-0.3, -0.25) is 0 Å². The van der Waals surface area contributed by atoms with Crippen molar-refractivity contribution in [3.63, 3.8) is 0 Å². The summed E-state index contributed by atoms with van der Waals surface area (Å²) in [5.74, 6) is 1.63. The summed E-state index contributed by atoms with van der Waals surface area (Å²) < 4.78 is 6.22. The summed E-state index contributed by atoms with van der Waals surface area (Å²) >= 11 is 0. The molecular formula is C21H28N4O. The number of hydrogen-bond donors (Lipinski definition) is 2. The quantitative estimate of drug-likeness (QED) is 0.826. The van der Waals surface area contributed by atoms with Gasteiger partial charge >= 0.3 is 0 Å². The zero-order valence-electron chi connectivity index (χ0n) is 15.9. The highest BCUT2D eigenvalue weighted by Gasteiger charge is 2.49. The minimum Gasteiger partial charge on any atom is -0.467 e. The summed E-state index contributed by atoms with van der Waals surface area (Å²) in [5, 5.41) is 3.57. The van der Waals surface area contributed by atoms with Crippen LogP contribution in [-0.4, -0.2) is 15.6 Å². The van der Waals surface area contributed by atoms with Crippen LogP contribution in [0, 0.1) is 0 Å². The molecule has 1 aromatic heterocycles. The predicted molar refractivity (Wildman–Crippen MR) is 104 cm³/mol. The van der Waals surface area contributed by atoms with E-state index >= 15 is 0 Å². The van der Waals surface area contributed by atoms with Crippen LogP contribution in [0.5, 0.6) is 5.88 Å². The van der Waals surface area contributed by atoms with Crippen LogP contribution in [0.4, 0.5) is 11.5 Å². The Morgan fingerprint density at radius 3 is 2.42 bits per heavy atom. The number of fused-ring (bicyclic) bond motifs is 1. The maximum Gasteiger partial charge on any atom is 0.243 e. The molecule has 1 aliphatic carbocycles. The van der Waals surface area contributed by atoms with Crippen LogP contribution >= 0.6 is 0 Å². The number of hydrogen-bond acceptors (Lipinski definition) is 5. The number of aromatic nitrogens is 2. The van der Waals surface area contributed by atoms with Crippen molar-refractivity contribution in [3.05, 3.63) is 41.7 Å². The fourth-order valence-electron chi connectivity index (χ4n) is 4.27. The molecule has 1 saturated carbocycles. The highest BCUT2D eigenvalue weighted by molar-refractivity contribution is 5.71. The molecule has 5 nitrogen and oxygen atoms in total. The first kappa shape index (κ1) is 17.1. The zero-order valence-corrected chi connectivity index (χ0v) is 15.9. The molecule has 0 radical (unpaired) electrons. The minimum atomic E-state index is -0.493. The number of rotatable bonds is 2. The van der Waals surface area contributed by atoms with Gasteiger partial charge in [0.2, 0.25) is 5.88 Å². The van der Waals surface area contributed by atoms with Crippen LogP contribution in [0.3, 0.4) is 0 Å². The molecule has 1 aliphatic heterocycles. The van der Waals surface area contributed by atoms with Crippen LogP contribution in [0.15, 0.2) is 30.6 Å². The maximum absolute atomic E-state index is 6.22. The first-order valence-corrected chi connectivity index (χ1v) is 9.59. The molecule has 2 heterocycles. The normalized spacial score (nSPS) is 25.0. The number of nitrogens with zero attached hydrogens (tertiary/aromatic N) is 2. The zero-order chi connectivity index (χ0) is 18.4.